The largest absolute Gasteiger partial charge is 0.459 e. The van der Waals surface area contributed by atoms with Crippen LogP contribution in [0.5, 0.6) is 0 Å². The van der Waals surface area contributed by atoms with Crippen molar-refractivity contribution in [2.24, 2.45) is 11.0 Å². The van der Waals surface area contributed by atoms with Gasteiger partial charge in [0.25, 0.3) is 0 Å². The molecule has 0 saturated heterocycles. The van der Waals surface area contributed by atoms with Gasteiger partial charge in [0, 0.05) is 11.6 Å². The first-order valence-corrected chi connectivity index (χ1v) is 7.43. The first kappa shape index (κ1) is 15.0. The molecule has 1 saturated carbocycles. The highest BCUT2D eigenvalue weighted by Gasteiger charge is 2.29. The molecule has 6 heteroatoms. The lowest BCUT2D eigenvalue weighted by Gasteiger charge is -2.07. The smallest absolute Gasteiger partial charge is 0.307 e. The van der Waals surface area contributed by atoms with Crippen molar-refractivity contribution in [1.82, 2.24) is 5.43 Å². The van der Waals surface area contributed by atoms with Crippen LogP contribution in [0, 0.1) is 5.92 Å². The number of hydrogen-bond acceptors (Lipinski definition) is 4. The highest BCUT2D eigenvalue weighted by Crippen LogP contribution is 2.30. The molecule has 1 aromatic heterocycles. The first-order chi connectivity index (χ1) is 11.1. The SMILES string of the molecule is C/C(=N/NC(=O)c1ccco1)c1cccc(NC(=O)C2CC2)c1. The Balaban J connectivity index is 1.66. The summed E-state index contributed by atoms with van der Waals surface area (Å²) in [6, 6.07) is 10.6. The van der Waals surface area contributed by atoms with Gasteiger partial charge in [0.05, 0.1) is 12.0 Å². The number of hydrogen-bond donors (Lipinski definition) is 2. The van der Waals surface area contributed by atoms with Crippen LogP contribution in [0.2, 0.25) is 0 Å². The molecule has 1 heterocycles. The molecule has 1 aliphatic rings. The number of benzene rings is 1. The fraction of sp³-hybridized carbons (Fsp3) is 0.235. The van der Waals surface area contributed by atoms with Crippen LogP contribution >= 0.6 is 0 Å². The third-order valence-electron chi connectivity index (χ3n) is 3.57. The van der Waals surface area contributed by atoms with Crippen molar-refractivity contribution in [2.75, 3.05) is 5.32 Å². The van der Waals surface area contributed by atoms with Gasteiger partial charge < -0.3 is 9.73 Å². The van der Waals surface area contributed by atoms with Crippen LogP contribution in [0.4, 0.5) is 5.69 Å². The summed E-state index contributed by atoms with van der Waals surface area (Å²) in [4.78, 5) is 23.6. The molecule has 0 atom stereocenters. The standard InChI is InChI=1S/C17H17N3O3/c1-11(19-20-17(22)15-6-3-9-23-15)13-4-2-5-14(10-13)18-16(21)12-7-8-12/h2-6,9-10,12H,7-8H2,1H3,(H,18,21)(H,20,22)/b19-11-. The fourth-order valence-corrected chi connectivity index (χ4v) is 2.07. The van der Waals surface area contributed by atoms with E-state index in [4.69, 9.17) is 4.42 Å². The molecule has 0 aliphatic heterocycles. The Morgan fingerprint density at radius 2 is 2.04 bits per heavy atom. The number of carbonyl (C=O) groups is 2. The van der Waals surface area contributed by atoms with E-state index in [9.17, 15) is 9.59 Å². The molecular weight excluding hydrogens is 294 g/mol. The van der Waals surface area contributed by atoms with E-state index >= 15 is 0 Å². The van der Waals surface area contributed by atoms with Crippen molar-refractivity contribution in [3.8, 4) is 0 Å². The van der Waals surface area contributed by atoms with E-state index in [0.717, 1.165) is 24.1 Å². The van der Waals surface area contributed by atoms with Gasteiger partial charge >= 0.3 is 5.91 Å². The number of hydrazone groups is 1. The van der Waals surface area contributed by atoms with Crippen LogP contribution < -0.4 is 10.7 Å². The molecule has 118 valence electrons. The van der Waals surface area contributed by atoms with Gasteiger partial charge in [0.1, 0.15) is 0 Å². The van der Waals surface area contributed by atoms with Gasteiger partial charge in [-0.1, -0.05) is 12.1 Å². The van der Waals surface area contributed by atoms with E-state index in [-0.39, 0.29) is 17.6 Å². The summed E-state index contributed by atoms with van der Waals surface area (Å²) in [6.07, 6.45) is 3.35. The Labute approximate surface area is 133 Å². The van der Waals surface area contributed by atoms with Gasteiger partial charge in [-0.25, -0.2) is 5.43 Å². The Bertz CT molecular complexity index is 746. The molecule has 1 fully saturated rings. The summed E-state index contributed by atoms with van der Waals surface area (Å²) in [5.41, 5.74) is 4.62. The minimum absolute atomic E-state index is 0.0582. The Hall–Kier alpha value is -2.89. The summed E-state index contributed by atoms with van der Waals surface area (Å²) in [6.45, 7) is 1.78. The molecule has 1 aromatic carbocycles. The van der Waals surface area contributed by atoms with Crippen molar-refractivity contribution in [1.29, 1.82) is 0 Å². The number of furan rings is 1. The van der Waals surface area contributed by atoms with E-state index in [1.807, 2.05) is 24.3 Å². The molecule has 6 nitrogen and oxygen atoms in total. The Morgan fingerprint density at radius 3 is 2.74 bits per heavy atom. The summed E-state index contributed by atoms with van der Waals surface area (Å²) in [5, 5.41) is 6.95. The molecule has 23 heavy (non-hydrogen) atoms. The maximum absolute atomic E-state index is 11.8. The summed E-state index contributed by atoms with van der Waals surface area (Å²) >= 11 is 0. The zero-order valence-electron chi connectivity index (χ0n) is 12.7. The third-order valence-corrected chi connectivity index (χ3v) is 3.57. The van der Waals surface area contributed by atoms with Crippen LogP contribution in [-0.2, 0) is 4.79 Å². The van der Waals surface area contributed by atoms with Gasteiger partial charge in [-0.15, -0.1) is 0 Å². The Morgan fingerprint density at radius 1 is 1.22 bits per heavy atom. The van der Waals surface area contributed by atoms with Crippen LogP contribution in [0.3, 0.4) is 0 Å². The predicted molar refractivity (Wildman–Crippen MR) is 86.2 cm³/mol. The van der Waals surface area contributed by atoms with E-state index in [1.165, 1.54) is 6.26 Å². The number of rotatable bonds is 5. The highest BCUT2D eigenvalue weighted by molar-refractivity contribution is 6.02. The maximum Gasteiger partial charge on any atom is 0.307 e. The van der Waals surface area contributed by atoms with Crippen LogP contribution in [0.15, 0.2) is 52.2 Å². The number of amides is 2. The Kier molecular flexibility index (Phi) is 4.23. The normalized spacial score (nSPS) is 14.4. The zero-order valence-corrected chi connectivity index (χ0v) is 12.7. The van der Waals surface area contributed by atoms with Crippen molar-refractivity contribution in [3.63, 3.8) is 0 Å². The topological polar surface area (TPSA) is 83.7 Å². The van der Waals surface area contributed by atoms with Crippen molar-refractivity contribution >= 4 is 23.2 Å². The highest BCUT2D eigenvalue weighted by atomic mass is 16.3. The second kappa shape index (κ2) is 6.48. The lowest BCUT2D eigenvalue weighted by Crippen LogP contribution is -2.18. The molecule has 1 aliphatic carbocycles. The van der Waals surface area contributed by atoms with E-state index in [2.05, 4.69) is 15.8 Å². The molecule has 2 N–H and O–H groups in total. The van der Waals surface area contributed by atoms with Crippen molar-refractivity contribution in [3.05, 3.63) is 54.0 Å². The second-order valence-electron chi connectivity index (χ2n) is 5.46. The molecule has 2 aromatic rings. The van der Waals surface area contributed by atoms with Gasteiger partial charge in [-0.3, -0.25) is 9.59 Å². The molecule has 0 radical (unpaired) electrons. The summed E-state index contributed by atoms with van der Waals surface area (Å²) < 4.78 is 5.00. The molecule has 0 spiro atoms. The summed E-state index contributed by atoms with van der Waals surface area (Å²) in [5.74, 6) is 0.00315. The van der Waals surface area contributed by atoms with Gasteiger partial charge in [-0.05, 0) is 49.6 Å². The van der Waals surface area contributed by atoms with Gasteiger partial charge in [0.2, 0.25) is 5.91 Å². The maximum atomic E-state index is 11.8. The van der Waals surface area contributed by atoms with E-state index in [1.54, 1.807) is 19.1 Å². The fourth-order valence-electron chi connectivity index (χ4n) is 2.07. The van der Waals surface area contributed by atoms with E-state index < -0.39 is 5.91 Å². The lowest BCUT2D eigenvalue weighted by molar-refractivity contribution is -0.117. The van der Waals surface area contributed by atoms with Gasteiger partial charge in [-0.2, -0.15) is 5.10 Å². The molecule has 0 unspecified atom stereocenters. The van der Waals surface area contributed by atoms with Gasteiger partial charge in [0.15, 0.2) is 5.76 Å². The zero-order chi connectivity index (χ0) is 16.2. The van der Waals surface area contributed by atoms with Crippen LogP contribution in [-0.4, -0.2) is 17.5 Å². The third kappa shape index (κ3) is 3.85. The molecule has 2 amide bonds. The number of carbonyl (C=O) groups excluding carboxylic acids is 2. The molecule has 0 bridgehead atoms. The van der Waals surface area contributed by atoms with E-state index in [0.29, 0.717) is 5.71 Å². The van der Waals surface area contributed by atoms with Crippen molar-refractivity contribution < 1.29 is 14.0 Å². The summed E-state index contributed by atoms with van der Waals surface area (Å²) in [7, 11) is 0. The monoisotopic (exact) mass is 311 g/mol. The van der Waals surface area contributed by atoms with Crippen LogP contribution in [0.25, 0.3) is 0 Å². The average Bonchev–Trinajstić information content (AvgIpc) is 3.27. The quantitative estimate of drug-likeness (QED) is 0.658. The number of anilines is 1. The van der Waals surface area contributed by atoms with Crippen LogP contribution in [0.1, 0.15) is 35.9 Å². The average molecular weight is 311 g/mol. The first-order valence-electron chi connectivity index (χ1n) is 7.43. The minimum atomic E-state index is -0.410. The number of nitrogens with zero attached hydrogens (tertiary/aromatic N) is 1. The second-order valence-corrected chi connectivity index (χ2v) is 5.46. The minimum Gasteiger partial charge on any atom is -0.459 e. The van der Waals surface area contributed by atoms with Crippen molar-refractivity contribution in [2.45, 2.75) is 19.8 Å². The lowest BCUT2D eigenvalue weighted by atomic mass is 10.1. The molecular formula is C17H17N3O3. The molecule has 3 rings (SSSR count). The predicted octanol–water partition coefficient (Wildman–Crippen LogP) is 2.78. The number of nitrogens with one attached hydrogen (secondary N) is 2.